The molecule has 1 aliphatic rings. The predicted octanol–water partition coefficient (Wildman–Crippen LogP) is -1.05. The molecule has 2 radical (unpaired) electrons. The summed E-state index contributed by atoms with van der Waals surface area (Å²) in [6.45, 7) is 0. The van der Waals surface area contributed by atoms with Crippen molar-refractivity contribution in [2.45, 2.75) is 24.3 Å². The number of hydrogen-bond donors (Lipinski definition) is 3. The molecule has 0 aromatic heterocycles. The lowest BCUT2D eigenvalue weighted by molar-refractivity contribution is 0.00955. The van der Waals surface area contributed by atoms with Crippen LogP contribution in [0.2, 0.25) is 0 Å². The van der Waals surface area contributed by atoms with E-state index in [1.807, 2.05) is 0 Å². The van der Waals surface area contributed by atoms with Crippen molar-refractivity contribution in [3.8, 4) is 0 Å². The molecule has 1 aliphatic heterocycles. The molecule has 0 aliphatic carbocycles. The number of aliphatic hydroxyl groups is 1. The first-order valence-electron chi connectivity index (χ1n) is 4.21. The van der Waals surface area contributed by atoms with Gasteiger partial charge in [-0.3, -0.25) is 4.57 Å². The number of aliphatic hydroxyl groups excluding tert-OH is 1. The van der Waals surface area contributed by atoms with Crippen LogP contribution >= 0.6 is 7.60 Å². The van der Waals surface area contributed by atoms with Gasteiger partial charge in [0.25, 0.3) is 0 Å². The van der Waals surface area contributed by atoms with Crippen LogP contribution in [0.15, 0.2) is 11.9 Å². The van der Waals surface area contributed by atoms with Crippen molar-refractivity contribution in [3.63, 3.8) is 0 Å². The van der Waals surface area contributed by atoms with Gasteiger partial charge in [0.05, 0.1) is 0 Å². The number of ether oxygens (including phenoxy) is 2. The Kier molecular flexibility index (Phi) is 4.11. The van der Waals surface area contributed by atoms with Crippen molar-refractivity contribution in [3.05, 3.63) is 11.9 Å². The Morgan fingerprint density at radius 3 is 2.53 bits per heavy atom. The first-order valence-corrected chi connectivity index (χ1v) is 5.90. The maximum absolute atomic E-state index is 10.5. The Morgan fingerprint density at radius 1 is 1.53 bits per heavy atom. The van der Waals surface area contributed by atoms with Gasteiger partial charge in [-0.1, -0.05) is 0 Å². The van der Waals surface area contributed by atoms with Crippen molar-refractivity contribution in [1.29, 1.82) is 0 Å². The van der Waals surface area contributed by atoms with Gasteiger partial charge in [0.1, 0.15) is 26.2 Å². The quantitative estimate of drug-likeness (QED) is 0.425. The standard InChI is InChI=1S/C7H12BO6P/c1-13-6-5(9)4(14-7(6)8)2-3-15(10,11)12/h2-7,9H,1H3,(H2,10,11,12)/b3-2+/t4-,5+,6?,7-/m1/s1. The molecule has 1 fully saturated rings. The van der Waals surface area contributed by atoms with Gasteiger partial charge in [0, 0.05) is 18.9 Å². The first-order chi connectivity index (χ1) is 6.85. The Morgan fingerprint density at radius 2 is 2.13 bits per heavy atom. The molecule has 1 unspecified atom stereocenters. The smallest absolute Gasteiger partial charge is 0.348 e. The second-order valence-corrected chi connectivity index (χ2v) is 4.66. The average molecular weight is 234 g/mol. The Labute approximate surface area is 88.5 Å². The molecule has 0 aromatic rings. The van der Waals surface area contributed by atoms with Gasteiger partial charge >= 0.3 is 7.60 Å². The third-order valence-electron chi connectivity index (χ3n) is 2.05. The number of methoxy groups -OCH3 is 1. The minimum atomic E-state index is -4.25. The van der Waals surface area contributed by atoms with E-state index in [0.29, 0.717) is 5.82 Å². The molecule has 0 spiro atoms. The minimum absolute atomic E-state index is 0.672. The molecule has 1 rings (SSSR count). The second kappa shape index (κ2) is 4.78. The van der Waals surface area contributed by atoms with E-state index < -0.39 is 31.9 Å². The van der Waals surface area contributed by atoms with Crippen molar-refractivity contribution in [1.82, 2.24) is 0 Å². The second-order valence-electron chi connectivity index (χ2n) is 3.19. The molecule has 3 N–H and O–H groups in total. The van der Waals surface area contributed by atoms with Crippen LogP contribution in [0.25, 0.3) is 0 Å². The zero-order chi connectivity index (χ0) is 11.6. The van der Waals surface area contributed by atoms with Gasteiger partial charge in [-0.25, -0.2) is 0 Å². The molecule has 15 heavy (non-hydrogen) atoms. The molecule has 4 atom stereocenters. The van der Waals surface area contributed by atoms with Crippen LogP contribution in [-0.2, 0) is 14.0 Å². The maximum atomic E-state index is 10.5. The number of hydrogen-bond acceptors (Lipinski definition) is 4. The summed E-state index contributed by atoms with van der Waals surface area (Å²) in [5, 5.41) is 9.58. The summed E-state index contributed by atoms with van der Waals surface area (Å²) in [7, 11) is 2.60. The zero-order valence-corrected chi connectivity index (χ0v) is 8.95. The predicted molar refractivity (Wildman–Crippen MR) is 52.4 cm³/mol. The lowest BCUT2D eigenvalue weighted by Crippen LogP contribution is -2.33. The molecule has 0 amide bonds. The summed E-state index contributed by atoms with van der Waals surface area (Å²) >= 11 is 0. The molecule has 0 bridgehead atoms. The van der Waals surface area contributed by atoms with Crippen molar-refractivity contribution in [2.75, 3.05) is 7.11 Å². The largest absolute Gasteiger partial charge is 0.387 e. The Bertz CT molecular complexity index is 289. The summed E-state index contributed by atoms with van der Waals surface area (Å²) < 4.78 is 20.5. The summed E-state index contributed by atoms with van der Waals surface area (Å²) in [6.07, 6.45) is -1.51. The Balaban J connectivity index is 2.67. The lowest BCUT2D eigenvalue weighted by atomic mass is 9.93. The van der Waals surface area contributed by atoms with Gasteiger partial charge < -0.3 is 24.4 Å². The van der Waals surface area contributed by atoms with Gasteiger partial charge in [-0.05, 0) is 6.08 Å². The molecule has 1 saturated heterocycles. The summed E-state index contributed by atoms with van der Waals surface area (Å²) in [5.74, 6) is 0.672. The third-order valence-corrected chi connectivity index (χ3v) is 2.61. The van der Waals surface area contributed by atoms with Crippen LogP contribution in [0.5, 0.6) is 0 Å². The third kappa shape index (κ3) is 3.41. The zero-order valence-electron chi connectivity index (χ0n) is 8.06. The fraction of sp³-hybridized carbons (Fsp3) is 0.714. The van der Waals surface area contributed by atoms with Crippen LogP contribution < -0.4 is 0 Å². The molecular formula is C7H12BO6P. The van der Waals surface area contributed by atoms with E-state index in [1.165, 1.54) is 7.11 Å². The summed E-state index contributed by atoms with van der Waals surface area (Å²) in [6, 6.07) is -0.809. The monoisotopic (exact) mass is 234 g/mol. The van der Waals surface area contributed by atoms with Gasteiger partial charge in [-0.15, -0.1) is 0 Å². The van der Waals surface area contributed by atoms with E-state index in [4.69, 9.17) is 27.1 Å². The van der Waals surface area contributed by atoms with Crippen molar-refractivity contribution in [2.24, 2.45) is 0 Å². The summed E-state index contributed by atoms with van der Waals surface area (Å²) in [5.41, 5.74) is 0. The molecule has 8 heteroatoms. The molecule has 6 nitrogen and oxygen atoms in total. The number of rotatable bonds is 3. The minimum Gasteiger partial charge on any atom is -0.387 e. The maximum Gasteiger partial charge on any atom is 0.348 e. The average Bonchev–Trinajstić information content (AvgIpc) is 2.37. The van der Waals surface area contributed by atoms with Crippen LogP contribution in [0, 0.1) is 0 Å². The topological polar surface area (TPSA) is 96.2 Å². The highest BCUT2D eigenvalue weighted by Crippen LogP contribution is 2.37. The van der Waals surface area contributed by atoms with Gasteiger partial charge in [0.15, 0.2) is 0 Å². The fourth-order valence-corrected chi connectivity index (χ4v) is 1.74. The molecule has 0 aromatic carbocycles. The summed E-state index contributed by atoms with van der Waals surface area (Å²) in [4.78, 5) is 17.2. The van der Waals surface area contributed by atoms with E-state index in [1.54, 1.807) is 0 Å². The van der Waals surface area contributed by atoms with Crippen LogP contribution in [0.1, 0.15) is 0 Å². The first kappa shape index (κ1) is 12.9. The molecule has 1 heterocycles. The van der Waals surface area contributed by atoms with E-state index in [0.717, 1.165) is 6.08 Å². The normalized spacial score (nSPS) is 37.6. The van der Waals surface area contributed by atoms with E-state index >= 15 is 0 Å². The van der Waals surface area contributed by atoms with Crippen molar-refractivity contribution < 1.29 is 28.9 Å². The fourth-order valence-electron chi connectivity index (χ4n) is 1.35. The van der Waals surface area contributed by atoms with Crippen LogP contribution in [0.4, 0.5) is 0 Å². The van der Waals surface area contributed by atoms with Crippen LogP contribution in [-0.4, -0.2) is 54.2 Å². The van der Waals surface area contributed by atoms with E-state index in [9.17, 15) is 9.67 Å². The van der Waals surface area contributed by atoms with Crippen molar-refractivity contribution >= 4 is 15.4 Å². The molecular weight excluding hydrogens is 222 g/mol. The van der Waals surface area contributed by atoms with E-state index in [-0.39, 0.29) is 0 Å². The Hall–Kier alpha value is -0.165. The van der Waals surface area contributed by atoms with E-state index in [2.05, 4.69) is 0 Å². The lowest BCUT2D eigenvalue weighted by Gasteiger charge is -2.15. The van der Waals surface area contributed by atoms with Gasteiger partial charge in [-0.2, -0.15) is 0 Å². The SMILES string of the molecule is [B][C@@H]1O[C@H](/C=C/P(=O)(O)O)[C@H](O)C1OC. The highest BCUT2D eigenvalue weighted by molar-refractivity contribution is 7.55. The molecule has 0 saturated carbocycles. The highest BCUT2D eigenvalue weighted by atomic mass is 31.2. The molecule has 84 valence electrons. The van der Waals surface area contributed by atoms with Gasteiger partial charge in [0.2, 0.25) is 0 Å². The highest BCUT2D eigenvalue weighted by Gasteiger charge is 2.39. The van der Waals surface area contributed by atoms with Crippen LogP contribution in [0.3, 0.4) is 0 Å².